The van der Waals surface area contributed by atoms with E-state index < -0.39 is 0 Å². The van der Waals surface area contributed by atoms with Crippen LogP contribution in [0.3, 0.4) is 0 Å². The zero-order chi connectivity index (χ0) is 28.1. The van der Waals surface area contributed by atoms with Crippen LogP contribution in [0, 0.1) is 31.1 Å². The first kappa shape index (κ1) is 27.2. The Morgan fingerprint density at radius 3 is 2.65 bits per heavy atom. The summed E-state index contributed by atoms with van der Waals surface area (Å²) in [6.07, 6.45) is 3.55. The highest BCUT2D eigenvalue weighted by Crippen LogP contribution is 2.32. The number of hydrogen-bond acceptors (Lipinski definition) is 8. The highest BCUT2D eigenvalue weighted by molar-refractivity contribution is 5.82. The van der Waals surface area contributed by atoms with Crippen LogP contribution >= 0.6 is 0 Å². The molecule has 206 valence electrons. The van der Waals surface area contributed by atoms with Crippen LogP contribution in [0.25, 0.3) is 23.2 Å². The molecule has 3 aromatic heterocycles. The molecule has 4 heterocycles. The smallest absolute Gasteiger partial charge is 0.138 e. The van der Waals surface area contributed by atoms with Gasteiger partial charge in [0.05, 0.1) is 48.5 Å². The third-order valence-electron chi connectivity index (χ3n) is 7.03. The van der Waals surface area contributed by atoms with Crippen LogP contribution in [0.2, 0.25) is 0 Å². The molecule has 0 amide bonds. The van der Waals surface area contributed by atoms with E-state index >= 15 is 0 Å². The molecule has 10 nitrogen and oxygen atoms in total. The van der Waals surface area contributed by atoms with Gasteiger partial charge in [0.2, 0.25) is 0 Å². The Kier molecular flexibility index (Phi) is 8.34. The van der Waals surface area contributed by atoms with E-state index in [2.05, 4.69) is 45.2 Å². The lowest BCUT2D eigenvalue weighted by Crippen LogP contribution is -2.36. The van der Waals surface area contributed by atoms with Crippen LogP contribution in [0.15, 0.2) is 42.7 Å². The lowest BCUT2D eigenvalue weighted by molar-refractivity contribution is 0.0342. The number of nitrogens with zero attached hydrogens (tertiary/aromatic N) is 7. The van der Waals surface area contributed by atoms with Crippen molar-refractivity contribution in [1.82, 2.24) is 34.6 Å². The Balaban J connectivity index is 1.50. The summed E-state index contributed by atoms with van der Waals surface area (Å²) in [6.45, 7) is 12.5. The van der Waals surface area contributed by atoms with E-state index in [-0.39, 0.29) is 5.92 Å². The summed E-state index contributed by atoms with van der Waals surface area (Å²) in [5, 5.41) is 17.7. The second-order valence-electron chi connectivity index (χ2n) is 10.2. The highest BCUT2D eigenvalue weighted by Gasteiger charge is 2.21. The van der Waals surface area contributed by atoms with Crippen LogP contribution in [0.4, 0.5) is 5.69 Å². The van der Waals surface area contributed by atoms with Gasteiger partial charge in [0.15, 0.2) is 0 Å². The van der Waals surface area contributed by atoms with E-state index in [1.165, 1.54) is 0 Å². The molecule has 10 heteroatoms. The molecular weight excluding hydrogens is 502 g/mol. The van der Waals surface area contributed by atoms with Gasteiger partial charge in [-0.15, -0.1) is 0 Å². The van der Waals surface area contributed by atoms with Gasteiger partial charge >= 0.3 is 0 Å². The summed E-state index contributed by atoms with van der Waals surface area (Å²) < 4.78 is 7.29. The number of aromatic amines is 1. The number of rotatable bonds is 9. The predicted molar refractivity (Wildman–Crippen MR) is 155 cm³/mol. The first-order valence-corrected chi connectivity index (χ1v) is 13.6. The third kappa shape index (κ3) is 6.11. The highest BCUT2D eigenvalue weighted by atomic mass is 16.5. The van der Waals surface area contributed by atoms with Gasteiger partial charge in [-0.2, -0.15) is 10.4 Å². The fourth-order valence-corrected chi connectivity index (χ4v) is 4.82. The first-order chi connectivity index (χ1) is 19.4. The maximum Gasteiger partial charge on any atom is 0.138 e. The Labute approximate surface area is 234 Å². The maximum atomic E-state index is 9.82. The molecule has 1 aliphatic rings. The number of nitrogens with one attached hydrogen (secondary N) is 2. The summed E-state index contributed by atoms with van der Waals surface area (Å²) in [7, 11) is 0. The maximum absolute atomic E-state index is 9.82. The van der Waals surface area contributed by atoms with E-state index in [0.29, 0.717) is 31.9 Å². The number of anilines is 1. The Morgan fingerprint density at radius 2 is 1.95 bits per heavy atom. The number of nitriles is 1. The monoisotopic (exact) mass is 537 g/mol. The van der Waals surface area contributed by atoms with Gasteiger partial charge < -0.3 is 15.0 Å². The number of morpholine rings is 1. The number of aryl methyl sites for hydroxylation is 2. The normalized spacial score (nSPS) is 14.4. The number of H-pyrrole nitrogens is 1. The van der Waals surface area contributed by atoms with Crippen molar-refractivity contribution < 1.29 is 4.74 Å². The van der Waals surface area contributed by atoms with Crippen molar-refractivity contribution in [1.29, 1.82) is 5.26 Å². The van der Waals surface area contributed by atoms with Gasteiger partial charge in [0.1, 0.15) is 18.0 Å². The minimum Gasteiger partial charge on any atom is -0.379 e. The number of benzene rings is 1. The molecule has 1 aliphatic heterocycles. The average molecular weight is 538 g/mol. The second-order valence-corrected chi connectivity index (χ2v) is 10.2. The Morgan fingerprint density at radius 1 is 1.15 bits per heavy atom. The molecule has 1 saturated heterocycles. The Hall–Kier alpha value is -4.33. The molecule has 0 radical (unpaired) electrons. The van der Waals surface area contributed by atoms with Crippen molar-refractivity contribution >= 4 is 17.5 Å². The largest absolute Gasteiger partial charge is 0.379 e. The predicted octanol–water partition coefficient (Wildman–Crippen LogP) is 4.65. The number of hydrogen-bond donors (Lipinski definition) is 2. The van der Waals surface area contributed by atoms with E-state index in [0.717, 1.165) is 64.3 Å². The SMILES string of the molecule is Cc1cccc(-c2[nH]c(CNc3cccc(C#N)c3CN3CCOCC3)nc2/C(=C/n2ncnc2C)C(C)C)n1. The van der Waals surface area contributed by atoms with E-state index in [1.54, 1.807) is 11.0 Å². The zero-order valence-electron chi connectivity index (χ0n) is 23.5. The van der Waals surface area contributed by atoms with Gasteiger partial charge in [-0.1, -0.05) is 26.0 Å². The first-order valence-electron chi connectivity index (χ1n) is 13.6. The fraction of sp³-hybridized carbons (Fsp3) is 0.367. The van der Waals surface area contributed by atoms with Gasteiger partial charge in [0, 0.05) is 48.4 Å². The quantitative estimate of drug-likeness (QED) is 0.317. The van der Waals surface area contributed by atoms with Crippen LogP contribution in [-0.4, -0.2) is 60.9 Å². The number of imidazole rings is 1. The van der Waals surface area contributed by atoms with Crippen LogP contribution in [0.5, 0.6) is 0 Å². The fourth-order valence-electron chi connectivity index (χ4n) is 4.82. The van der Waals surface area contributed by atoms with Crippen molar-refractivity contribution in [3.63, 3.8) is 0 Å². The molecule has 5 rings (SSSR count). The number of pyridine rings is 1. The minimum absolute atomic E-state index is 0.170. The topological polar surface area (TPSA) is 121 Å². The third-order valence-corrected chi connectivity index (χ3v) is 7.03. The summed E-state index contributed by atoms with van der Waals surface area (Å²) in [4.78, 5) is 20.0. The van der Waals surface area contributed by atoms with Crippen molar-refractivity contribution in [2.45, 2.75) is 40.8 Å². The van der Waals surface area contributed by atoms with Gasteiger partial charge in [-0.3, -0.25) is 9.88 Å². The van der Waals surface area contributed by atoms with Crippen LogP contribution in [0.1, 0.15) is 48.0 Å². The lowest BCUT2D eigenvalue weighted by atomic mass is 9.98. The van der Waals surface area contributed by atoms with Gasteiger partial charge in [0.25, 0.3) is 0 Å². The molecule has 40 heavy (non-hydrogen) atoms. The van der Waals surface area contributed by atoms with Crippen molar-refractivity contribution in [2.24, 2.45) is 5.92 Å². The molecule has 0 bridgehead atoms. The van der Waals surface area contributed by atoms with E-state index in [1.807, 2.05) is 56.4 Å². The summed E-state index contributed by atoms with van der Waals surface area (Å²) in [5.74, 6) is 1.74. The van der Waals surface area contributed by atoms with Crippen molar-refractivity contribution in [2.75, 3.05) is 31.6 Å². The molecule has 0 unspecified atom stereocenters. The number of ether oxygens (including phenoxy) is 1. The molecule has 0 atom stereocenters. The van der Waals surface area contributed by atoms with Crippen molar-refractivity contribution in [3.8, 4) is 17.5 Å². The molecule has 0 aliphatic carbocycles. The zero-order valence-corrected chi connectivity index (χ0v) is 23.5. The van der Waals surface area contributed by atoms with E-state index in [9.17, 15) is 5.26 Å². The van der Waals surface area contributed by atoms with E-state index in [4.69, 9.17) is 14.7 Å². The van der Waals surface area contributed by atoms with Crippen LogP contribution in [-0.2, 0) is 17.8 Å². The second kappa shape index (κ2) is 12.2. The van der Waals surface area contributed by atoms with Gasteiger partial charge in [-0.25, -0.2) is 14.6 Å². The number of aromatic nitrogens is 6. The molecule has 1 aromatic carbocycles. The standard InChI is InChI=1S/C30H35N9O/c1-20(2)24(18-39-22(4)33-19-34-39)29-30(27-10-5-7-21(3)35-27)37-28(36-29)16-32-26-9-6-8-23(15-31)25(26)17-38-11-13-40-14-12-38/h5-10,18-20,32H,11-14,16-17H2,1-4H3,(H,36,37)/b24-18+. The average Bonchev–Trinajstić information content (AvgIpc) is 3.57. The summed E-state index contributed by atoms with van der Waals surface area (Å²) in [5.41, 5.74) is 7.07. The molecule has 0 spiro atoms. The summed E-state index contributed by atoms with van der Waals surface area (Å²) >= 11 is 0. The lowest BCUT2D eigenvalue weighted by Gasteiger charge is -2.27. The summed E-state index contributed by atoms with van der Waals surface area (Å²) in [6, 6.07) is 14.2. The van der Waals surface area contributed by atoms with Crippen LogP contribution < -0.4 is 5.32 Å². The van der Waals surface area contributed by atoms with Gasteiger partial charge in [-0.05, 0) is 44.0 Å². The molecule has 0 saturated carbocycles. The molecule has 2 N–H and O–H groups in total. The molecular formula is C30H35N9O. The Bertz CT molecular complexity index is 1540. The number of allylic oxidation sites excluding steroid dienone is 1. The molecule has 4 aromatic rings. The minimum atomic E-state index is 0.170. The molecule has 1 fully saturated rings. The van der Waals surface area contributed by atoms with Crippen molar-refractivity contribution in [3.05, 3.63) is 76.9 Å².